The number of hydrogen-bond donors (Lipinski definition) is 1. The normalized spacial score (nSPS) is 49.9. The van der Waals surface area contributed by atoms with Gasteiger partial charge in [0, 0.05) is 6.61 Å². The van der Waals surface area contributed by atoms with Gasteiger partial charge in [-0.3, -0.25) is 0 Å². The van der Waals surface area contributed by atoms with Crippen LogP contribution < -0.4 is 0 Å². The highest BCUT2D eigenvalue weighted by molar-refractivity contribution is 5.19. The summed E-state index contributed by atoms with van der Waals surface area (Å²) in [5, 5.41) is 11.2. The van der Waals surface area contributed by atoms with Gasteiger partial charge in [-0.15, -0.1) is 0 Å². The topological polar surface area (TPSA) is 29.5 Å². The van der Waals surface area contributed by atoms with Gasteiger partial charge in [-0.25, -0.2) is 0 Å². The van der Waals surface area contributed by atoms with Crippen LogP contribution in [0.25, 0.3) is 0 Å². The van der Waals surface area contributed by atoms with E-state index < -0.39 is 5.60 Å². The van der Waals surface area contributed by atoms with Gasteiger partial charge in [-0.1, -0.05) is 26.0 Å². The van der Waals surface area contributed by atoms with Crippen LogP contribution in [0.5, 0.6) is 0 Å². The molecule has 0 unspecified atom stereocenters. The highest BCUT2D eigenvalue weighted by Crippen LogP contribution is 2.67. The second-order valence-electron chi connectivity index (χ2n) is 10.8. The summed E-state index contributed by atoms with van der Waals surface area (Å²) in [4.78, 5) is 0. The van der Waals surface area contributed by atoms with Gasteiger partial charge < -0.3 is 9.84 Å². The average molecular weight is 375 g/mol. The first-order chi connectivity index (χ1) is 12.9. The molecular formula is C25H42O2. The number of aliphatic hydroxyl groups is 1. The third-order valence-corrected chi connectivity index (χ3v) is 9.94. The van der Waals surface area contributed by atoms with Crippen LogP contribution in [0.1, 0.15) is 91.4 Å². The Hall–Kier alpha value is -0.340. The summed E-state index contributed by atoms with van der Waals surface area (Å²) in [6.45, 7) is 12.8. The molecular weight excluding hydrogens is 332 g/mol. The third-order valence-electron chi connectivity index (χ3n) is 9.94. The van der Waals surface area contributed by atoms with E-state index in [1.807, 2.05) is 6.92 Å². The first-order valence-electron chi connectivity index (χ1n) is 11.9. The van der Waals surface area contributed by atoms with Gasteiger partial charge >= 0.3 is 0 Å². The number of rotatable bonds is 4. The summed E-state index contributed by atoms with van der Waals surface area (Å²) in [7, 11) is 0. The zero-order valence-corrected chi connectivity index (χ0v) is 18.1. The van der Waals surface area contributed by atoms with Gasteiger partial charge in [0.15, 0.2) is 0 Å². The molecule has 4 aliphatic rings. The fraction of sp³-hybridized carbons (Fsp3) is 0.920. The lowest BCUT2D eigenvalue weighted by Gasteiger charge is -2.64. The highest BCUT2D eigenvalue weighted by atomic mass is 16.5. The quantitative estimate of drug-likeness (QED) is 0.599. The van der Waals surface area contributed by atoms with Crippen LogP contribution in [0.15, 0.2) is 12.2 Å². The van der Waals surface area contributed by atoms with E-state index in [1.54, 1.807) is 5.57 Å². The van der Waals surface area contributed by atoms with Crippen LogP contribution in [0.4, 0.5) is 0 Å². The Balaban J connectivity index is 1.58. The minimum atomic E-state index is -0.575. The molecule has 0 heterocycles. The summed E-state index contributed by atoms with van der Waals surface area (Å²) in [5.41, 5.74) is 1.86. The van der Waals surface area contributed by atoms with Crippen molar-refractivity contribution in [3.8, 4) is 0 Å². The Morgan fingerprint density at radius 3 is 2.63 bits per heavy atom. The maximum atomic E-state index is 11.2. The predicted octanol–water partition coefficient (Wildman–Crippen LogP) is 6.13. The van der Waals surface area contributed by atoms with Gasteiger partial charge in [0.2, 0.25) is 0 Å². The van der Waals surface area contributed by atoms with E-state index in [1.165, 1.54) is 57.8 Å². The van der Waals surface area contributed by atoms with Crippen LogP contribution in [0.3, 0.4) is 0 Å². The SMILES string of the molecule is C=C1CCC[C@H]2[C@@H]3CC[C@@H]4C[C@@](O)(COCC)CC[C@]4(CC)[C@H]3CC[C@]12C. The molecule has 0 aliphatic heterocycles. The Bertz CT molecular complexity index is 571. The molecule has 4 fully saturated rings. The molecule has 0 spiro atoms. The molecule has 2 heteroatoms. The van der Waals surface area contributed by atoms with E-state index >= 15 is 0 Å². The lowest BCUT2D eigenvalue weighted by atomic mass is 9.41. The fourth-order valence-electron chi connectivity index (χ4n) is 8.37. The Kier molecular flexibility index (Phi) is 5.30. The lowest BCUT2D eigenvalue weighted by molar-refractivity contribution is -0.172. The molecule has 1 N–H and O–H groups in total. The van der Waals surface area contributed by atoms with Gasteiger partial charge in [-0.2, -0.15) is 0 Å². The van der Waals surface area contributed by atoms with Crippen molar-refractivity contribution >= 4 is 0 Å². The van der Waals surface area contributed by atoms with Gasteiger partial charge in [-0.05, 0) is 112 Å². The molecule has 154 valence electrons. The Morgan fingerprint density at radius 1 is 1.07 bits per heavy atom. The lowest BCUT2D eigenvalue weighted by Crippen LogP contribution is -2.58. The number of fused-ring (bicyclic) bond motifs is 5. The minimum absolute atomic E-state index is 0.408. The van der Waals surface area contributed by atoms with Crippen LogP contribution >= 0.6 is 0 Å². The molecule has 4 aliphatic carbocycles. The highest BCUT2D eigenvalue weighted by Gasteiger charge is 2.60. The summed E-state index contributed by atoms with van der Waals surface area (Å²) >= 11 is 0. The Labute approximate surface area is 167 Å². The van der Waals surface area contributed by atoms with Gasteiger partial charge in [0.1, 0.15) is 0 Å². The zero-order chi connectivity index (χ0) is 19.3. The van der Waals surface area contributed by atoms with E-state index in [9.17, 15) is 5.11 Å². The molecule has 0 amide bonds. The van der Waals surface area contributed by atoms with Crippen molar-refractivity contribution in [2.24, 2.45) is 34.5 Å². The molecule has 4 rings (SSSR count). The van der Waals surface area contributed by atoms with Crippen molar-refractivity contribution < 1.29 is 9.84 Å². The molecule has 0 radical (unpaired) electrons. The molecule has 27 heavy (non-hydrogen) atoms. The van der Waals surface area contributed by atoms with E-state index in [-0.39, 0.29) is 0 Å². The number of allylic oxidation sites excluding steroid dienone is 1. The van der Waals surface area contributed by atoms with Crippen molar-refractivity contribution in [3.05, 3.63) is 12.2 Å². The first-order valence-corrected chi connectivity index (χ1v) is 11.9. The predicted molar refractivity (Wildman–Crippen MR) is 112 cm³/mol. The largest absolute Gasteiger partial charge is 0.387 e. The van der Waals surface area contributed by atoms with E-state index in [0.29, 0.717) is 30.0 Å². The van der Waals surface area contributed by atoms with Crippen LogP contribution in [-0.4, -0.2) is 23.9 Å². The second-order valence-corrected chi connectivity index (χ2v) is 10.8. The van der Waals surface area contributed by atoms with Crippen molar-refractivity contribution in [1.29, 1.82) is 0 Å². The van der Waals surface area contributed by atoms with Crippen LogP contribution in [-0.2, 0) is 4.74 Å². The number of ether oxygens (including phenoxy) is 1. The van der Waals surface area contributed by atoms with E-state index in [2.05, 4.69) is 20.4 Å². The summed E-state index contributed by atoms with van der Waals surface area (Å²) in [6.07, 6.45) is 13.9. The summed E-state index contributed by atoms with van der Waals surface area (Å²) in [5.74, 6) is 3.34. The minimum Gasteiger partial charge on any atom is -0.387 e. The summed E-state index contributed by atoms with van der Waals surface area (Å²) in [6, 6.07) is 0. The maximum Gasteiger partial charge on any atom is 0.0883 e. The number of hydrogen-bond acceptors (Lipinski definition) is 2. The maximum absolute atomic E-state index is 11.2. The Morgan fingerprint density at radius 2 is 1.89 bits per heavy atom. The first kappa shape index (κ1) is 20.0. The van der Waals surface area contributed by atoms with Gasteiger partial charge in [0.25, 0.3) is 0 Å². The van der Waals surface area contributed by atoms with Crippen molar-refractivity contribution in [1.82, 2.24) is 0 Å². The molecule has 0 saturated heterocycles. The molecule has 4 saturated carbocycles. The molecule has 0 aromatic heterocycles. The van der Waals surface area contributed by atoms with Gasteiger partial charge in [0.05, 0.1) is 12.2 Å². The standard InChI is InChI=1S/C25H42O2/c1-5-25-15-14-24(26,17-27-6-2)16-19(25)10-11-20-21-9-7-8-18(3)23(21,4)13-12-22(20)25/h19-22,26H,3,5-17H2,1-2,4H3/t19-,20+,21+,22+,23-,24-,25+/m1/s1. The molecule has 0 aromatic carbocycles. The van der Waals surface area contributed by atoms with E-state index in [4.69, 9.17) is 4.74 Å². The second kappa shape index (κ2) is 7.17. The summed E-state index contributed by atoms with van der Waals surface area (Å²) < 4.78 is 5.66. The average Bonchev–Trinajstić information content (AvgIpc) is 2.67. The molecule has 0 aromatic rings. The van der Waals surface area contributed by atoms with Crippen molar-refractivity contribution in [2.75, 3.05) is 13.2 Å². The fourth-order valence-corrected chi connectivity index (χ4v) is 8.37. The van der Waals surface area contributed by atoms with E-state index in [0.717, 1.165) is 30.6 Å². The molecule has 7 atom stereocenters. The molecule has 2 nitrogen and oxygen atoms in total. The molecule has 0 bridgehead atoms. The van der Waals surface area contributed by atoms with Crippen LogP contribution in [0, 0.1) is 34.5 Å². The van der Waals surface area contributed by atoms with Crippen molar-refractivity contribution in [3.63, 3.8) is 0 Å². The third kappa shape index (κ3) is 3.05. The van der Waals surface area contributed by atoms with Crippen molar-refractivity contribution in [2.45, 2.75) is 97.0 Å². The smallest absolute Gasteiger partial charge is 0.0883 e. The zero-order valence-electron chi connectivity index (χ0n) is 18.1. The monoisotopic (exact) mass is 374 g/mol. The van der Waals surface area contributed by atoms with Crippen LogP contribution in [0.2, 0.25) is 0 Å².